The Morgan fingerprint density at radius 3 is 2.26 bits per heavy atom. The molecule has 6 heteroatoms. The standard InChI is InChI=1S/C21H20BrN3O2/c1-12-9-16(22)10-13(2)19(12)25-21(26)18-11-23-20(24-14(18)3)15-5-7-17(27-4)8-6-15/h5-11H,1-4H3,(H,25,26). The molecule has 0 atom stereocenters. The van der Waals surface area contributed by atoms with Gasteiger partial charge in [-0.3, -0.25) is 4.79 Å². The van der Waals surface area contributed by atoms with E-state index in [2.05, 4.69) is 31.2 Å². The van der Waals surface area contributed by atoms with Crippen LogP contribution < -0.4 is 10.1 Å². The smallest absolute Gasteiger partial charge is 0.259 e. The fourth-order valence-electron chi connectivity index (χ4n) is 2.86. The number of hydrogen-bond donors (Lipinski definition) is 1. The minimum absolute atomic E-state index is 0.220. The number of aryl methyl sites for hydroxylation is 3. The van der Waals surface area contributed by atoms with E-state index in [1.54, 1.807) is 13.3 Å². The Morgan fingerprint density at radius 1 is 1.07 bits per heavy atom. The fraction of sp³-hybridized carbons (Fsp3) is 0.190. The van der Waals surface area contributed by atoms with Gasteiger partial charge in [-0.05, 0) is 68.3 Å². The third kappa shape index (κ3) is 4.17. The van der Waals surface area contributed by atoms with Gasteiger partial charge in [-0.2, -0.15) is 0 Å². The highest BCUT2D eigenvalue weighted by atomic mass is 79.9. The van der Waals surface area contributed by atoms with Gasteiger partial charge >= 0.3 is 0 Å². The molecule has 0 aliphatic heterocycles. The van der Waals surface area contributed by atoms with Crippen LogP contribution in [0.1, 0.15) is 27.2 Å². The van der Waals surface area contributed by atoms with Crippen LogP contribution in [0, 0.1) is 20.8 Å². The van der Waals surface area contributed by atoms with E-state index in [0.29, 0.717) is 17.1 Å². The van der Waals surface area contributed by atoms with E-state index in [0.717, 1.165) is 32.6 Å². The summed E-state index contributed by atoms with van der Waals surface area (Å²) in [5.74, 6) is 1.12. The van der Waals surface area contributed by atoms with E-state index in [9.17, 15) is 4.79 Å². The number of nitrogens with one attached hydrogen (secondary N) is 1. The number of anilines is 1. The molecule has 2 aromatic carbocycles. The van der Waals surface area contributed by atoms with Crippen molar-refractivity contribution in [3.63, 3.8) is 0 Å². The molecular formula is C21H20BrN3O2. The van der Waals surface area contributed by atoms with Gasteiger partial charge in [0.05, 0.1) is 18.4 Å². The van der Waals surface area contributed by atoms with Crippen LogP contribution >= 0.6 is 15.9 Å². The number of carbonyl (C=O) groups is 1. The van der Waals surface area contributed by atoms with Gasteiger partial charge in [-0.15, -0.1) is 0 Å². The monoisotopic (exact) mass is 425 g/mol. The highest BCUT2D eigenvalue weighted by Gasteiger charge is 2.15. The molecule has 0 fully saturated rings. The van der Waals surface area contributed by atoms with Crippen molar-refractivity contribution in [1.82, 2.24) is 9.97 Å². The van der Waals surface area contributed by atoms with E-state index in [4.69, 9.17) is 4.74 Å². The third-order valence-corrected chi connectivity index (χ3v) is 4.77. The molecule has 0 radical (unpaired) electrons. The van der Waals surface area contributed by atoms with Crippen molar-refractivity contribution >= 4 is 27.5 Å². The Bertz CT molecular complexity index is 978. The molecule has 5 nitrogen and oxygen atoms in total. The Labute approximate surface area is 167 Å². The first-order chi connectivity index (χ1) is 12.9. The van der Waals surface area contributed by atoms with E-state index in [-0.39, 0.29) is 5.91 Å². The largest absolute Gasteiger partial charge is 0.497 e. The van der Waals surface area contributed by atoms with E-state index >= 15 is 0 Å². The minimum Gasteiger partial charge on any atom is -0.497 e. The minimum atomic E-state index is -0.220. The van der Waals surface area contributed by atoms with Gasteiger partial charge < -0.3 is 10.1 Å². The maximum Gasteiger partial charge on any atom is 0.259 e. The second-order valence-corrected chi connectivity index (χ2v) is 7.21. The summed E-state index contributed by atoms with van der Waals surface area (Å²) in [4.78, 5) is 21.6. The molecular weight excluding hydrogens is 406 g/mol. The molecule has 0 spiro atoms. The number of rotatable bonds is 4. The quantitative estimate of drug-likeness (QED) is 0.631. The number of halogens is 1. The summed E-state index contributed by atoms with van der Waals surface area (Å²) in [7, 11) is 1.62. The number of ether oxygens (including phenoxy) is 1. The lowest BCUT2D eigenvalue weighted by Crippen LogP contribution is -2.16. The van der Waals surface area contributed by atoms with Gasteiger partial charge in [0, 0.05) is 21.9 Å². The fourth-order valence-corrected chi connectivity index (χ4v) is 3.54. The number of carbonyl (C=O) groups excluding carboxylic acids is 1. The Kier molecular flexibility index (Phi) is 5.56. The van der Waals surface area contributed by atoms with Gasteiger partial charge in [-0.25, -0.2) is 9.97 Å². The van der Waals surface area contributed by atoms with Gasteiger partial charge in [0.2, 0.25) is 0 Å². The summed E-state index contributed by atoms with van der Waals surface area (Å²) in [5.41, 5.74) is 4.73. The van der Waals surface area contributed by atoms with Crippen molar-refractivity contribution in [2.75, 3.05) is 12.4 Å². The predicted molar refractivity (Wildman–Crippen MR) is 110 cm³/mol. The zero-order valence-electron chi connectivity index (χ0n) is 15.6. The number of methoxy groups -OCH3 is 1. The van der Waals surface area contributed by atoms with E-state index in [1.165, 1.54) is 0 Å². The second kappa shape index (κ2) is 7.88. The topological polar surface area (TPSA) is 64.1 Å². The molecule has 138 valence electrons. The lowest BCUT2D eigenvalue weighted by atomic mass is 10.1. The van der Waals surface area contributed by atoms with Crippen LogP contribution in [0.5, 0.6) is 5.75 Å². The van der Waals surface area contributed by atoms with Crippen LogP contribution in [0.3, 0.4) is 0 Å². The predicted octanol–water partition coefficient (Wildman–Crippen LogP) is 5.09. The summed E-state index contributed by atoms with van der Waals surface area (Å²) in [6, 6.07) is 11.4. The van der Waals surface area contributed by atoms with Crippen molar-refractivity contribution < 1.29 is 9.53 Å². The molecule has 3 aromatic rings. The first kappa shape index (κ1) is 19.0. The lowest BCUT2D eigenvalue weighted by Gasteiger charge is -2.13. The highest BCUT2D eigenvalue weighted by molar-refractivity contribution is 9.10. The second-order valence-electron chi connectivity index (χ2n) is 6.29. The maximum atomic E-state index is 12.7. The molecule has 0 bridgehead atoms. The normalized spacial score (nSPS) is 10.6. The molecule has 0 saturated heterocycles. The summed E-state index contributed by atoms with van der Waals surface area (Å²) < 4.78 is 6.15. The Hall–Kier alpha value is -2.73. The van der Waals surface area contributed by atoms with Crippen molar-refractivity contribution in [2.24, 2.45) is 0 Å². The average molecular weight is 426 g/mol. The third-order valence-electron chi connectivity index (χ3n) is 4.31. The Balaban J connectivity index is 1.86. The molecule has 1 heterocycles. The molecule has 0 aliphatic rings. The maximum absolute atomic E-state index is 12.7. The number of benzene rings is 2. The lowest BCUT2D eigenvalue weighted by molar-refractivity contribution is 0.102. The zero-order chi connectivity index (χ0) is 19.6. The van der Waals surface area contributed by atoms with E-state index in [1.807, 2.05) is 57.2 Å². The first-order valence-corrected chi connectivity index (χ1v) is 9.24. The number of nitrogens with zero attached hydrogens (tertiary/aromatic N) is 2. The van der Waals surface area contributed by atoms with Crippen LogP contribution in [-0.4, -0.2) is 23.0 Å². The highest BCUT2D eigenvalue weighted by Crippen LogP contribution is 2.26. The summed E-state index contributed by atoms with van der Waals surface area (Å²) >= 11 is 3.47. The van der Waals surface area contributed by atoms with Crippen LogP contribution in [0.25, 0.3) is 11.4 Å². The number of aromatic nitrogens is 2. The van der Waals surface area contributed by atoms with Crippen molar-refractivity contribution in [3.8, 4) is 17.1 Å². The van der Waals surface area contributed by atoms with Gasteiger partial charge in [0.1, 0.15) is 5.75 Å². The molecule has 3 rings (SSSR count). The van der Waals surface area contributed by atoms with Crippen LogP contribution in [0.4, 0.5) is 5.69 Å². The summed E-state index contributed by atoms with van der Waals surface area (Å²) in [6.07, 6.45) is 1.57. The summed E-state index contributed by atoms with van der Waals surface area (Å²) in [5, 5.41) is 2.98. The van der Waals surface area contributed by atoms with Crippen molar-refractivity contribution in [1.29, 1.82) is 0 Å². The average Bonchev–Trinajstić information content (AvgIpc) is 2.64. The van der Waals surface area contributed by atoms with Gasteiger partial charge in [0.15, 0.2) is 5.82 Å². The number of amides is 1. The zero-order valence-corrected chi connectivity index (χ0v) is 17.2. The number of hydrogen-bond acceptors (Lipinski definition) is 4. The molecule has 27 heavy (non-hydrogen) atoms. The molecule has 1 aromatic heterocycles. The SMILES string of the molecule is COc1ccc(-c2ncc(C(=O)Nc3c(C)cc(Br)cc3C)c(C)n2)cc1. The molecule has 1 N–H and O–H groups in total. The van der Waals surface area contributed by atoms with Crippen LogP contribution in [0.2, 0.25) is 0 Å². The summed E-state index contributed by atoms with van der Waals surface area (Å²) in [6.45, 7) is 5.73. The van der Waals surface area contributed by atoms with Gasteiger partial charge in [-0.1, -0.05) is 15.9 Å². The van der Waals surface area contributed by atoms with Crippen LogP contribution in [-0.2, 0) is 0 Å². The molecule has 0 aliphatic carbocycles. The molecule has 0 saturated carbocycles. The van der Waals surface area contributed by atoms with Crippen molar-refractivity contribution in [3.05, 3.63) is 69.5 Å². The van der Waals surface area contributed by atoms with Gasteiger partial charge in [0.25, 0.3) is 5.91 Å². The van der Waals surface area contributed by atoms with Crippen LogP contribution in [0.15, 0.2) is 47.1 Å². The van der Waals surface area contributed by atoms with E-state index < -0.39 is 0 Å². The molecule has 1 amide bonds. The first-order valence-electron chi connectivity index (χ1n) is 8.45. The van der Waals surface area contributed by atoms with Crippen molar-refractivity contribution in [2.45, 2.75) is 20.8 Å². The molecule has 0 unspecified atom stereocenters. The Morgan fingerprint density at radius 2 is 1.70 bits per heavy atom.